The zero-order valence-electron chi connectivity index (χ0n) is 16.4. The van der Waals surface area contributed by atoms with Crippen LogP contribution in [0.25, 0.3) is 0 Å². The molecule has 3 rings (SSSR count). The lowest BCUT2D eigenvalue weighted by Crippen LogP contribution is -2.44. The molecule has 1 N–H and O–H groups in total. The number of carbonyl (C=O) groups excluding carboxylic acids is 1. The summed E-state index contributed by atoms with van der Waals surface area (Å²) >= 11 is 0. The van der Waals surface area contributed by atoms with Crippen LogP contribution in [0, 0.1) is 13.8 Å². The van der Waals surface area contributed by atoms with Gasteiger partial charge >= 0.3 is 0 Å². The second kappa shape index (κ2) is 8.67. The minimum absolute atomic E-state index is 0.0609. The van der Waals surface area contributed by atoms with Crippen LogP contribution in [0.15, 0.2) is 15.0 Å². The maximum Gasteiger partial charge on any atom is 0.255 e. The average molecular weight is 376 g/mol. The quantitative estimate of drug-likeness (QED) is 0.794. The lowest BCUT2D eigenvalue weighted by atomic mass is 10.0. The fraction of sp³-hybridized carbons (Fsp3) is 0.632. The molecular formula is C19H28N4O4. The Labute approximate surface area is 159 Å². The van der Waals surface area contributed by atoms with E-state index in [1.807, 2.05) is 27.7 Å². The molecule has 0 aliphatic carbocycles. The standard InChI is InChI=1S/C19H28N4O4/c1-5-25-14(4)18-21-17(27-22-18)11-23-8-6-15(7-9-23)20-19(24)16-10-12(2)26-13(16)3/h10,14-15H,5-9,11H2,1-4H3,(H,20,24)/t14-/m1/s1. The highest BCUT2D eigenvalue weighted by Gasteiger charge is 2.24. The first-order chi connectivity index (χ1) is 13.0. The average Bonchev–Trinajstić information content (AvgIpc) is 3.23. The fourth-order valence-electron chi connectivity index (χ4n) is 3.37. The second-order valence-corrected chi connectivity index (χ2v) is 6.99. The van der Waals surface area contributed by atoms with E-state index in [0.717, 1.165) is 31.7 Å². The van der Waals surface area contributed by atoms with E-state index in [4.69, 9.17) is 13.7 Å². The van der Waals surface area contributed by atoms with Crippen LogP contribution in [0.1, 0.15) is 66.4 Å². The Hall–Kier alpha value is -2.19. The highest BCUT2D eigenvalue weighted by atomic mass is 16.5. The Bertz CT molecular complexity index is 762. The lowest BCUT2D eigenvalue weighted by molar-refractivity contribution is 0.0683. The summed E-state index contributed by atoms with van der Waals surface area (Å²) in [6.45, 7) is 10.5. The molecule has 0 spiro atoms. The van der Waals surface area contributed by atoms with Crippen molar-refractivity contribution in [1.29, 1.82) is 0 Å². The van der Waals surface area contributed by atoms with Gasteiger partial charge in [-0.25, -0.2) is 0 Å². The van der Waals surface area contributed by atoms with Crippen LogP contribution in [0.4, 0.5) is 0 Å². The summed E-state index contributed by atoms with van der Waals surface area (Å²) in [5.41, 5.74) is 0.622. The van der Waals surface area contributed by atoms with Crippen molar-refractivity contribution in [3.05, 3.63) is 34.9 Å². The van der Waals surface area contributed by atoms with Gasteiger partial charge < -0.3 is 19.0 Å². The third kappa shape index (κ3) is 4.95. The number of nitrogens with one attached hydrogen (secondary N) is 1. The van der Waals surface area contributed by atoms with Gasteiger partial charge in [-0.1, -0.05) is 5.16 Å². The molecule has 2 aromatic heterocycles. The fourth-order valence-corrected chi connectivity index (χ4v) is 3.37. The molecule has 0 radical (unpaired) electrons. The number of furan rings is 1. The van der Waals surface area contributed by atoms with E-state index in [9.17, 15) is 4.79 Å². The predicted molar refractivity (Wildman–Crippen MR) is 98.3 cm³/mol. The number of piperidine rings is 1. The maximum absolute atomic E-state index is 12.4. The van der Waals surface area contributed by atoms with Crippen molar-refractivity contribution < 1.29 is 18.5 Å². The Morgan fingerprint density at radius 2 is 2.15 bits per heavy atom. The highest BCUT2D eigenvalue weighted by molar-refractivity contribution is 5.95. The number of nitrogens with zero attached hydrogens (tertiary/aromatic N) is 3. The van der Waals surface area contributed by atoms with Crippen molar-refractivity contribution in [2.24, 2.45) is 0 Å². The third-order valence-corrected chi connectivity index (χ3v) is 4.83. The molecule has 0 saturated carbocycles. The van der Waals surface area contributed by atoms with Crippen LogP contribution in [-0.2, 0) is 11.3 Å². The van der Waals surface area contributed by atoms with Crippen molar-refractivity contribution in [3.63, 3.8) is 0 Å². The van der Waals surface area contributed by atoms with Crippen molar-refractivity contribution in [2.75, 3.05) is 19.7 Å². The molecule has 1 atom stereocenters. The molecule has 0 aromatic carbocycles. The first kappa shape index (κ1) is 19.6. The summed E-state index contributed by atoms with van der Waals surface area (Å²) < 4.78 is 16.3. The van der Waals surface area contributed by atoms with Gasteiger partial charge in [0, 0.05) is 25.7 Å². The van der Waals surface area contributed by atoms with Gasteiger partial charge in [-0.2, -0.15) is 4.98 Å². The molecule has 2 aromatic rings. The second-order valence-electron chi connectivity index (χ2n) is 6.99. The molecule has 27 heavy (non-hydrogen) atoms. The van der Waals surface area contributed by atoms with Crippen molar-refractivity contribution >= 4 is 5.91 Å². The van der Waals surface area contributed by atoms with E-state index in [2.05, 4.69) is 20.4 Å². The van der Waals surface area contributed by atoms with Crippen LogP contribution in [0.3, 0.4) is 0 Å². The number of carbonyl (C=O) groups is 1. The Kier molecular flexibility index (Phi) is 6.28. The lowest BCUT2D eigenvalue weighted by Gasteiger charge is -2.31. The van der Waals surface area contributed by atoms with Crippen molar-refractivity contribution in [3.8, 4) is 0 Å². The number of amides is 1. The van der Waals surface area contributed by atoms with Crippen LogP contribution in [0.2, 0.25) is 0 Å². The Morgan fingerprint density at radius 3 is 2.78 bits per heavy atom. The molecule has 148 valence electrons. The number of rotatable bonds is 7. The number of likely N-dealkylation sites (tertiary alicyclic amines) is 1. The number of hydrogen-bond donors (Lipinski definition) is 1. The third-order valence-electron chi connectivity index (χ3n) is 4.83. The number of aryl methyl sites for hydroxylation is 2. The van der Waals surface area contributed by atoms with E-state index >= 15 is 0 Å². The zero-order valence-corrected chi connectivity index (χ0v) is 16.4. The predicted octanol–water partition coefficient (Wildman–Crippen LogP) is 2.77. The largest absolute Gasteiger partial charge is 0.466 e. The molecule has 1 saturated heterocycles. The summed E-state index contributed by atoms with van der Waals surface area (Å²) in [4.78, 5) is 19.1. The van der Waals surface area contributed by atoms with E-state index in [0.29, 0.717) is 36.2 Å². The van der Waals surface area contributed by atoms with Gasteiger partial charge in [-0.15, -0.1) is 0 Å². The van der Waals surface area contributed by atoms with Gasteiger partial charge in [0.15, 0.2) is 5.82 Å². The molecule has 0 unspecified atom stereocenters. The minimum Gasteiger partial charge on any atom is -0.466 e. The van der Waals surface area contributed by atoms with Crippen LogP contribution < -0.4 is 5.32 Å². The van der Waals surface area contributed by atoms with Gasteiger partial charge in [0.1, 0.15) is 17.6 Å². The molecule has 0 bridgehead atoms. The Balaban J connectivity index is 1.46. The van der Waals surface area contributed by atoms with E-state index in [1.54, 1.807) is 6.07 Å². The minimum atomic E-state index is -0.163. The molecule has 1 aliphatic heterocycles. The van der Waals surface area contributed by atoms with Gasteiger partial charge in [-0.05, 0) is 46.6 Å². The summed E-state index contributed by atoms with van der Waals surface area (Å²) in [5.74, 6) is 2.54. The number of hydrogen-bond acceptors (Lipinski definition) is 7. The summed E-state index contributed by atoms with van der Waals surface area (Å²) in [7, 11) is 0. The van der Waals surface area contributed by atoms with Gasteiger partial charge in [0.2, 0.25) is 5.89 Å². The smallest absolute Gasteiger partial charge is 0.255 e. The van der Waals surface area contributed by atoms with Crippen LogP contribution in [-0.4, -0.2) is 46.7 Å². The van der Waals surface area contributed by atoms with Gasteiger partial charge in [0.25, 0.3) is 5.91 Å². The molecule has 1 fully saturated rings. The summed E-state index contributed by atoms with van der Waals surface area (Å²) in [6, 6.07) is 1.95. The molecule has 1 amide bonds. The summed E-state index contributed by atoms with van der Waals surface area (Å²) in [6.07, 6.45) is 1.61. The van der Waals surface area contributed by atoms with E-state index in [1.165, 1.54) is 0 Å². The van der Waals surface area contributed by atoms with E-state index < -0.39 is 0 Å². The first-order valence-electron chi connectivity index (χ1n) is 9.50. The van der Waals surface area contributed by atoms with Crippen molar-refractivity contribution in [1.82, 2.24) is 20.4 Å². The first-order valence-corrected chi connectivity index (χ1v) is 9.50. The van der Waals surface area contributed by atoms with Crippen LogP contribution >= 0.6 is 0 Å². The molecule has 8 nitrogen and oxygen atoms in total. The summed E-state index contributed by atoms with van der Waals surface area (Å²) in [5, 5.41) is 7.11. The monoisotopic (exact) mass is 376 g/mol. The SMILES string of the molecule is CCO[C@H](C)c1noc(CN2CCC(NC(=O)c3cc(C)oc3C)CC2)n1. The number of aromatic nitrogens is 2. The molecule has 3 heterocycles. The highest BCUT2D eigenvalue weighted by Crippen LogP contribution is 2.18. The molecule has 1 aliphatic rings. The van der Waals surface area contributed by atoms with E-state index in [-0.39, 0.29) is 18.1 Å². The van der Waals surface area contributed by atoms with Gasteiger partial charge in [-0.3, -0.25) is 9.69 Å². The number of ether oxygens (including phenoxy) is 1. The molecular weight excluding hydrogens is 348 g/mol. The van der Waals surface area contributed by atoms with Crippen LogP contribution in [0.5, 0.6) is 0 Å². The Morgan fingerprint density at radius 1 is 1.41 bits per heavy atom. The topological polar surface area (TPSA) is 93.6 Å². The van der Waals surface area contributed by atoms with Crippen molar-refractivity contribution in [2.45, 2.75) is 59.2 Å². The zero-order chi connectivity index (χ0) is 19.4. The maximum atomic E-state index is 12.4. The van der Waals surface area contributed by atoms with Gasteiger partial charge in [0.05, 0.1) is 12.1 Å². The molecule has 8 heteroatoms. The normalized spacial score (nSPS) is 17.2.